The maximum atomic E-state index is 12.2. The summed E-state index contributed by atoms with van der Waals surface area (Å²) in [5.41, 5.74) is 1.12. The lowest BCUT2D eigenvalue weighted by Crippen LogP contribution is -2.26. The Labute approximate surface area is 152 Å². The zero-order valence-electron chi connectivity index (χ0n) is 13.3. The maximum Gasteiger partial charge on any atom is 0.389 e. The van der Waals surface area contributed by atoms with Gasteiger partial charge in [-0.3, -0.25) is 9.78 Å². The number of amides is 1. The minimum Gasteiger partial charge on any atom is -0.311 e. The topological polar surface area (TPSA) is 51.0 Å². The second kappa shape index (κ2) is 8.57. The summed E-state index contributed by atoms with van der Waals surface area (Å²) in [7, 11) is 1.55. The van der Waals surface area contributed by atoms with Gasteiger partial charge in [-0.15, -0.1) is 0 Å². The first-order valence-corrected chi connectivity index (χ1v) is 8.88. The molecule has 2 heterocycles. The predicted molar refractivity (Wildman–Crippen MR) is 92.4 cm³/mol. The maximum absolute atomic E-state index is 12.2. The molecule has 2 aromatic heterocycles. The van der Waals surface area contributed by atoms with Crippen molar-refractivity contribution in [1.29, 1.82) is 0 Å². The second-order valence-corrected chi connectivity index (χ2v) is 6.72. The smallest absolute Gasteiger partial charge is 0.311 e. The number of aromatic nitrogens is 3. The molecule has 5 nitrogen and oxygen atoms in total. The first-order chi connectivity index (χ1) is 11.8. The first kappa shape index (κ1) is 19.6. The molecule has 0 radical (unpaired) electrons. The van der Waals surface area contributed by atoms with Gasteiger partial charge in [-0.05, 0) is 12.1 Å². The highest BCUT2D eigenvalue weighted by atomic mass is 35.5. The molecule has 0 N–H and O–H groups in total. The molecule has 0 saturated heterocycles. The third-order valence-corrected chi connectivity index (χ3v) is 4.54. The molecular formula is C15H16ClF3N4OS. The van der Waals surface area contributed by atoms with Gasteiger partial charge >= 0.3 is 6.18 Å². The molecule has 2 rings (SSSR count). The molecule has 0 aromatic carbocycles. The summed E-state index contributed by atoms with van der Waals surface area (Å²) in [5, 5.41) is 4.30. The molecule has 1 amide bonds. The number of halogens is 4. The van der Waals surface area contributed by atoms with Crippen LogP contribution in [0.4, 0.5) is 18.9 Å². The van der Waals surface area contributed by atoms with Crippen LogP contribution in [0.2, 0.25) is 5.15 Å². The Morgan fingerprint density at radius 1 is 1.40 bits per heavy atom. The Bertz CT molecular complexity index is 709. The lowest BCUT2D eigenvalue weighted by Gasteiger charge is -2.15. The Kier molecular flexibility index (Phi) is 6.71. The van der Waals surface area contributed by atoms with Crippen LogP contribution in [0.15, 0.2) is 30.7 Å². The van der Waals surface area contributed by atoms with Gasteiger partial charge in [-0.25, -0.2) is 4.68 Å². The normalized spacial score (nSPS) is 11.6. The highest BCUT2D eigenvalue weighted by Crippen LogP contribution is 2.26. The van der Waals surface area contributed by atoms with Crippen molar-refractivity contribution in [3.63, 3.8) is 0 Å². The number of anilines is 1. The Morgan fingerprint density at radius 3 is 2.80 bits per heavy atom. The quantitative estimate of drug-likeness (QED) is 0.669. The summed E-state index contributed by atoms with van der Waals surface area (Å²) < 4.78 is 37.7. The number of carbonyl (C=O) groups is 1. The molecule has 10 heteroatoms. The molecule has 136 valence electrons. The van der Waals surface area contributed by atoms with Gasteiger partial charge in [0.25, 0.3) is 0 Å². The third-order valence-electron chi connectivity index (χ3n) is 3.29. The van der Waals surface area contributed by atoms with Crippen molar-refractivity contribution >= 4 is 35.0 Å². The molecule has 0 aliphatic heterocycles. The molecule has 0 saturated carbocycles. The fourth-order valence-corrected chi connectivity index (χ4v) is 3.10. The lowest BCUT2D eigenvalue weighted by atomic mass is 10.4. The van der Waals surface area contributed by atoms with Crippen LogP contribution >= 0.6 is 23.4 Å². The zero-order chi connectivity index (χ0) is 18.4. The molecule has 0 bridgehead atoms. The van der Waals surface area contributed by atoms with E-state index in [0.717, 1.165) is 11.8 Å². The molecular weight excluding hydrogens is 377 g/mol. The summed E-state index contributed by atoms with van der Waals surface area (Å²) in [6.45, 7) is 0. The predicted octanol–water partition coefficient (Wildman–Crippen LogP) is 3.96. The number of hydrogen-bond donors (Lipinski definition) is 0. The van der Waals surface area contributed by atoms with Crippen LogP contribution in [0, 0.1) is 0 Å². The van der Waals surface area contributed by atoms with Crippen LogP contribution in [0.3, 0.4) is 0 Å². The Morgan fingerprint density at radius 2 is 2.16 bits per heavy atom. The summed E-state index contributed by atoms with van der Waals surface area (Å²) in [6, 6.07) is 3.54. The van der Waals surface area contributed by atoms with Crippen LogP contribution in [0.25, 0.3) is 5.69 Å². The van der Waals surface area contributed by atoms with Crippen molar-refractivity contribution in [1.82, 2.24) is 14.8 Å². The van der Waals surface area contributed by atoms with Gasteiger partial charge in [0.05, 0.1) is 24.5 Å². The van der Waals surface area contributed by atoms with E-state index < -0.39 is 12.6 Å². The van der Waals surface area contributed by atoms with Crippen LogP contribution in [0.5, 0.6) is 0 Å². The number of pyridine rings is 1. The van der Waals surface area contributed by atoms with E-state index in [0.29, 0.717) is 17.1 Å². The van der Waals surface area contributed by atoms with Gasteiger partial charge in [0.1, 0.15) is 5.69 Å². The van der Waals surface area contributed by atoms with Gasteiger partial charge in [-0.1, -0.05) is 11.6 Å². The number of carbonyl (C=O) groups excluding carboxylic acids is 1. The van der Waals surface area contributed by atoms with E-state index >= 15 is 0 Å². The van der Waals surface area contributed by atoms with Crippen LogP contribution in [-0.4, -0.2) is 45.4 Å². The largest absolute Gasteiger partial charge is 0.389 e. The Hall–Kier alpha value is -1.74. The van der Waals surface area contributed by atoms with Gasteiger partial charge in [-0.2, -0.15) is 30.0 Å². The van der Waals surface area contributed by atoms with Gasteiger partial charge in [0, 0.05) is 31.2 Å². The number of nitrogens with zero attached hydrogens (tertiary/aromatic N) is 4. The molecule has 0 atom stereocenters. The van der Waals surface area contributed by atoms with E-state index in [1.54, 1.807) is 37.8 Å². The number of thioether (sulfide) groups is 1. The summed E-state index contributed by atoms with van der Waals surface area (Å²) >= 11 is 7.19. The minimum absolute atomic E-state index is 0.0554. The summed E-state index contributed by atoms with van der Waals surface area (Å²) in [6.07, 6.45) is -0.0665. The molecule has 0 aliphatic rings. The minimum atomic E-state index is -4.16. The van der Waals surface area contributed by atoms with Crippen LogP contribution in [0.1, 0.15) is 12.8 Å². The molecule has 0 spiro atoms. The number of hydrogen-bond acceptors (Lipinski definition) is 4. The van der Waals surface area contributed by atoms with Gasteiger partial charge < -0.3 is 4.90 Å². The molecule has 25 heavy (non-hydrogen) atoms. The third kappa shape index (κ3) is 5.93. The average Bonchev–Trinajstić information content (AvgIpc) is 2.95. The SMILES string of the molecule is CN(C(=O)CCSCCC(F)(F)F)c1cn(-c2cccnc2)nc1Cl. The van der Waals surface area contributed by atoms with Crippen LogP contribution in [-0.2, 0) is 4.79 Å². The van der Waals surface area contributed by atoms with E-state index in [4.69, 9.17) is 11.6 Å². The highest BCUT2D eigenvalue weighted by Gasteiger charge is 2.26. The van der Waals surface area contributed by atoms with E-state index in [-0.39, 0.29) is 23.2 Å². The average molecular weight is 393 g/mol. The van der Waals surface area contributed by atoms with Gasteiger partial charge in [0.2, 0.25) is 5.91 Å². The van der Waals surface area contributed by atoms with Crippen molar-refractivity contribution in [3.05, 3.63) is 35.9 Å². The summed E-state index contributed by atoms with van der Waals surface area (Å²) in [4.78, 5) is 17.5. The number of alkyl halides is 3. The van der Waals surface area contributed by atoms with E-state index in [1.807, 2.05) is 0 Å². The zero-order valence-corrected chi connectivity index (χ0v) is 14.9. The monoisotopic (exact) mass is 392 g/mol. The Balaban J connectivity index is 1.90. The lowest BCUT2D eigenvalue weighted by molar-refractivity contribution is -0.129. The molecule has 2 aromatic rings. The highest BCUT2D eigenvalue weighted by molar-refractivity contribution is 7.99. The van der Waals surface area contributed by atoms with E-state index in [9.17, 15) is 18.0 Å². The van der Waals surface area contributed by atoms with Crippen molar-refractivity contribution in [2.75, 3.05) is 23.5 Å². The summed E-state index contributed by atoms with van der Waals surface area (Å²) in [5.74, 6) is 0.0144. The second-order valence-electron chi connectivity index (χ2n) is 5.14. The standard InChI is InChI=1S/C15H16ClF3N4OS/c1-22(13(24)4-7-25-8-5-15(17,18)19)12-10-23(21-14(12)16)11-3-2-6-20-9-11/h2-3,6,9-10H,4-5,7-8H2,1H3. The van der Waals surface area contributed by atoms with Crippen molar-refractivity contribution < 1.29 is 18.0 Å². The van der Waals surface area contributed by atoms with Gasteiger partial charge in [0.15, 0.2) is 5.15 Å². The fourth-order valence-electron chi connectivity index (χ4n) is 1.94. The van der Waals surface area contributed by atoms with Crippen molar-refractivity contribution in [2.24, 2.45) is 0 Å². The van der Waals surface area contributed by atoms with Crippen molar-refractivity contribution in [2.45, 2.75) is 19.0 Å². The molecule has 0 fully saturated rings. The molecule has 0 aliphatic carbocycles. The number of rotatable bonds is 7. The van der Waals surface area contributed by atoms with Crippen LogP contribution < -0.4 is 4.90 Å². The van der Waals surface area contributed by atoms with Crippen molar-refractivity contribution in [3.8, 4) is 5.69 Å². The van der Waals surface area contributed by atoms with E-state index in [2.05, 4.69) is 10.1 Å². The molecule has 0 unspecified atom stereocenters. The van der Waals surface area contributed by atoms with E-state index in [1.165, 1.54) is 9.58 Å². The fraction of sp³-hybridized carbons (Fsp3) is 0.400. The first-order valence-electron chi connectivity index (χ1n) is 7.34.